The molecule has 2 saturated heterocycles. The molecule has 4 amide bonds. The van der Waals surface area contributed by atoms with Gasteiger partial charge in [-0.05, 0) is 70.2 Å². The number of imide groups is 1. The number of carbonyl (C=O) groups is 4. The Morgan fingerprint density at radius 2 is 1.81 bits per heavy atom. The highest BCUT2D eigenvalue weighted by Crippen LogP contribution is 2.30. The topological polar surface area (TPSA) is 99.3 Å². The number of aryl methyl sites for hydroxylation is 1. The highest BCUT2D eigenvalue weighted by molar-refractivity contribution is 6.05. The van der Waals surface area contributed by atoms with E-state index in [2.05, 4.69) is 16.3 Å². The van der Waals surface area contributed by atoms with Crippen LogP contribution in [-0.2, 0) is 27.3 Å². The summed E-state index contributed by atoms with van der Waals surface area (Å²) in [6.07, 6.45) is 4.51. The van der Waals surface area contributed by atoms with Crippen molar-refractivity contribution in [3.8, 4) is 0 Å². The number of nitrogens with zero attached hydrogens (tertiary/aromatic N) is 3. The van der Waals surface area contributed by atoms with Crippen LogP contribution in [0.1, 0.15) is 74.4 Å². The number of ether oxygens (including phenoxy) is 1. The van der Waals surface area contributed by atoms with Crippen molar-refractivity contribution in [1.29, 1.82) is 0 Å². The summed E-state index contributed by atoms with van der Waals surface area (Å²) in [7, 11) is 0. The first-order valence-corrected chi connectivity index (χ1v) is 13.1. The molecule has 9 nitrogen and oxygen atoms in total. The molecule has 0 aliphatic carbocycles. The van der Waals surface area contributed by atoms with Gasteiger partial charge < -0.3 is 14.5 Å². The van der Waals surface area contributed by atoms with Crippen molar-refractivity contribution in [2.24, 2.45) is 0 Å². The van der Waals surface area contributed by atoms with Gasteiger partial charge in [-0.3, -0.25) is 24.6 Å². The maximum Gasteiger partial charge on any atom is 0.410 e. The molecule has 1 unspecified atom stereocenters. The fourth-order valence-corrected chi connectivity index (χ4v) is 5.19. The number of piperazine rings is 1. The van der Waals surface area contributed by atoms with Gasteiger partial charge in [-0.2, -0.15) is 0 Å². The molecule has 1 atom stereocenters. The number of amides is 4. The maximum atomic E-state index is 13.0. The Bertz CT molecular complexity index is 1010. The summed E-state index contributed by atoms with van der Waals surface area (Å²) in [6, 6.07) is 5.26. The number of piperidine rings is 1. The molecule has 1 aromatic rings. The minimum Gasteiger partial charge on any atom is -0.444 e. The molecular formula is C27H38N4O5. The lowest BCUT2D eigenvalue weighted by molar-refractivity contribution is -0.136. The molecule has 36 heavy (non-hydrogen) atoms. The van der Waals surface area contributed by atoms with Gasteiger partial charge in [0.1, 0.15) is 11.6 Å². The predicted molar refractivity (Wildman–Crippen MR) is 134 cm³/mol. The molecule has 3 aliphatic heterocycles. The third kappa shape index (κ3) is 6.24. The Morgan fingerprint density at radius 1 is 1.06 bits per heavy atom. The Hall–Kier alpha value is -2.94. The van der Waals surface area contributed by atoms with E-state index in [1.54, 1.807) is 9.80 Å². The van der Waals surface area contributed by atoms with Crippen LogP contribution < -0.4 is 5.32 Å². The molecule has 3 aliphatic rings. The number of rotatable bonds is 7. The third-order valence-electron chi connectivity index (χ3n) is 7.12. The second kappa shape index (κ2) is 11.0. The average molecular weight is 499 g/mol. The SMILES string of the molecule is CC(C)(C)OC(=O)N1CCN(CCCCCc2cccc3c2CN(C2CCC(=O)NC2=O)C3=O)CC1. The quantitative estimate of drug-likeness (QED) is 0.459. The smallest absolute Gasteiger partial charge is 0.410 e. The van der Waals surface area contributed by atoms with E-state index in [1.807, 2.05) is 32.9 Å². The van der Waals surface area contributed by atoms with E-state index in [-0.39, 0.29) is 30.2 Å². The Balaban J connectivity index is 1.20. The lowest BCUT2D eigenvalue weighted by Gasteiger charge is -2.35. The first-order valence-electron chi connectivity index (χ1n) is 13.1. The Morgan fingerprint density at radius 3 is 2.50 bits per heavy atom. The van der Waals surface area contributed by atoms with Crippen LogP contribution in [0.2, 0.25) is 0 Å². The molecule has 0 bridgehead atoms. The van der Waals surface area contributed by atoms with Gasteiger partial charge >= 0.3 is 6.09 Å². The first-order chi connectivity index (χ1) is 17.1. The van der Waals surface area contributed by atoms with Crippen molar-refractivity contribution in [2.75, 3.05) is 32.7 Å². The van der Waals surface area contributed by atoms with Crippen molar-refractivity contribution in [2.45, 2.75) is 77.5 Å². The predicted octanol–water partition coefficient (Wildman–Crippen LogP) is 2.71. The van der Waals surface area contributed by atoms with Crippen molar-refractivity contribution < 1.29 is 23.9 Å². The van der Waals surface area contributed by atoms with Crippen LogP contribution in [-0.4, -0.2) is 82.9 Å². The zero-order valence-electron chi connectivity index (χ0n) is 21.7. The maximum absolute atomic E-state index is 13.0. The molecule has 2 fully saturated rings. The molecule has 4 rings (SSSR count). The van der Waals surface area contributed by atoms with Crippen molar-refractivity contribution in [3.05, 3.63) is 34.9 Å². The molecule has 1 N–H and O–H groups in total. The summed E-state index contributed by atoms with van der Waals surface area (Å²) in [5.74, 6) is -0.765. The molecule has 0 aromatic heterocycles. The van der Waals surface area contributed by atoms with E-state index in [0.29, 0.717) is 31.6 Å². The fraction of sp³-hybridized carbons (Fsp3) is 0.630. The van der Waals surface area contributed by atoms with Crippen molar-refractivity contribution >= 4 is 23.8 Å². The molecular weight excluding hydrogens is 460 g/mol. The van der Waals surface area contributed by atoms with Crippen LogP contribution in [0.3, 0.4) is 0 Å². The van der Waals surface area contributed by atoms with E-state index in [9.17, 15) is 19.2 Å². The van der Waals surface area contributed by atoms with Gasteiger partial charge in [0.2, 0.25) is 11.8 Å². The number of fused-ring (bicyclic) bond motifs is 1. The van der Waals surface area contributed by atoms with Crippen LogP contribution in [0.15, 0.2) is 18.2 Å². The van der Waals surface area contributed by atoms with Gasteiger partial charge in [0.25, 0.3) is 5.91 Å². The second-order valence-corrected chi connectivity index (χ2v) is 11.0. The summed E-state index contributed by atoms with van der Waals surface area (Å²) in [6.45, 7) is 10.2. The summed E-state index contributed by atoms with van der Waals surface area (Å²) in [5, 5.41) is 2.36. The Labute approximate surface area is 213 Å². The minimum absolute atomic E-state index is 0.119. The number of hydrogen-bond acceptors (Lipinski definition) is 6. The van der Waals surface area contributed by atoms with Crippen LogP contribution in [0.4, 0.5) is 4.79 Å². The van der Waals surface area contributed by atoms with E-state index < -0.39 is 11.6 Å². The lowest BCUT2D eigenvalue weighted by Crippen LogP contribution is -2.52. The standard InChI is InChI=1S/C27H38N4O5/c1-27(2,3)36-26(35)30-16-14-29(15-17-30)13-6-4-5-8-19-9-7-10-20-21(19)18-31(25(20)34)22-11-12-23(32)28-24(22)33/h7,9-10,22H,4-6,8,11-18H2,1-3H3,(H,28,32,33). The van der Waals surface area contributed by atoms with Gasteiger partial charge in [-0.25, -0.2) is 4.79 Å². The first kappa shape index (κ1) is 26.1. The van der Waals surface area contributed by atoms with Gasteiger partial charge in [-0.15, -0.1) is 0 Å². The molecule has 0 radical (unpaired) electrons. The zero-order valence-corrected chi connectivity index (χ0v) is 21.7. The number of carbonyl (C=O) groups excluding carboxylic acids is 4. The summed E-state index contributed by atoms with van der Waals surface area (Å²) < 4.78 is 5.47. The zero-order chi connectivity index (χ0) is 25.9. The number of unbranched alkanes of at least 4 members (excludes halogenated alkanes) is 2. The normalized spacial score (nSPS) is 21.0. The number of nitrogens with one attached hydrogen (secondary N) is 1. The molecule has 196 valence electrons. The van der Waals surface area contributed by atoms with E-state index >= 15 is 0 Å². The van der Waals surface area contributed by atoms with Crippen LogP contribution in [0.5, 0.6) is 0 Å². The minimum atomic E-state index is -0.578. The fourth-order valence-electron chi connectivity index (χ4n) is 5.19. The second-order valence-electron chi connectivity index (χ2n) is 11.0. The summed E-state index contributed by atoms with van der Waals surface area (Å²) >= 11 is 0. The van der Waals surface area contributed by atoms with Crippen LogP contribution in [0, 0.1) is 0 Å². The van der Waals surface area contributed by atoms with E-state index in [1.165, 1.54) is 5.56 Å². The average Bonchev–Trinajstić information content (AvgIpc) is 3.15. The summed E-state index contributed by atoms with van der Waals surface area (Å²) in [5.41, 5.74) is 2.40. The molecule has 0 spiro atoms. The molecule has 1 aromatic carbocycles. The van der Waals surface area contributed by atoms with Gasteiger partial charge in [0.15, 0.2) is 0 Å². The Kier molecular flexibility index (Phi) is 7.97. The van der Waals surface area contributed by atoms with Crippen molar-refractivity contribution in [3.63, 3.8) is 0 Å². The van der Waals surface area contributed by atoms with Gasteiger partial charge in [0, 0.05) is 44.7 Å². The van der Waals surface area contributed by atoms with Gasteiger partial charge in [-0.1, -0.05) is 18.6 Å². The molecule has 0 saturated carbocycles. The van der Waals surface area contributed by atoms with Crippen LogP contribution >= 0.6 is 0 Å². The number of hydrogen-bond donors (Lipinski definition) is 1. The molecule has 3 heterocycles. The third-order valence-corrected chi connectivity index (χ3v) is 7.12. The monoisotopic (exact) mass is 498 g/mol. The largest absolute Gasteiger partial charge is 0.444 e. The van der Waals surface area contributed by atoms with E-state index in [0.717, 1.165) is 50.9 Å². The highest BCUT2D eigenvalue weighted by atomic mass is 16.6. The lowest BCUT2D eigenvalue weighted by atomic mass is 9.98. The molecule has 9 heteroatoms. The highest BCUT2D eigenvalue weighted by Gasteiger charge is 2.39. The summed E-state index contributed by atoms with van der Waals surface area (Å²) in [4.78, 5) is 54.8. The van der Waals surface area contributed by atoms with Crippen molar-refractivity contribution in [1.82, 2.24) is 20.0 Å². The van der Waals surface area contributed by atoms with Gasteiger partial charge in [0.05, 0.1) is 0 Å². The van der Waals surface area contributed by atoms with Crippen LogP contribution in [0.25, 0.3) is 0 Å². The van der Waals surface area contributed by atoms with E-state index in [4.69, 9.17) is 4.74 Å². The number of benzene rings is 1.